The molecule has 0 aliphatic heterocycles. The van der Waals surface area contributed by atoms with Crippen LogP contribution in [0.5, 0.6) is 0 Å². The average molecular weight is 622 g/mol. The first-order valence-corrected chi connectivity index (χ1v) is 15.4. The van der Waals surface area contributed by atoms with Crippen molar-refractivity contribution >= 4 is 57.1 Å². The second kappa shape index (κ2) is 19.2. The smallest absolute Gasteiger partial charge is 0.112 e. The van der Waals surface area contributed by atoms with E-state index in [1.807, 2.05) is 0 Å². The summed E-state index contributed by atoms with van der Waals surface area (Å²) in [5.41, 5.74) is 0. The number of hydrogen-bond acceptors (Lipinski definition) is 0. The molecule has 3 aromatic carbocycles. The summed E-state index contributed by atoms with van der Waals surface area (Å²) in [5.74, 6) is 0. The van der Waals surface area contributed by atoms with Crippen LogP contribution < -0.4 is 15.9 Å². The third-order valence-electron chi connectivity index (χ3n) is 6.94. The first kappa shape index (κ1) is 32.1. The molecule has 0 amide bonds. The van der Waals surface area contributed by atoms with E-state index >= 15 is 0 Å². The van der Waals surface area contributed by atoms with Crippen LogP contribution in [0.3, 0.4) is 0 Å². The molecular weight excluding hydrogens is 575 g/mol. The van der Waals surface area contributed by atoms with Crippen molar-refractivity contribution in [1.82, 2.24) is 0 Å². The van der Waals surface area contributed by atoms with Crippen molar-refractivity contribution in [2.75, 3.05) is 6.16 Å². The summed E-state index contributed by atoms with van der Waals surface area (Å²) < 4.78 is 0. The van der Waals surface area contributed by atoms with Gasteiger partial charge in [-0.2, -0.15) is 0 Å². The van der Waals surface area contributed by atoms with E-state index in [4.69, 9.17) is 0 Å². The van der Waals surface area contributed by atoms with Gasteiger partial charge in [0.2, 0.25) is 0 Å². The second-order valence-corrected chi connectivity index (χ2v) is 13.0. The molecule has 0 spiro atoms. The van der Waals surface area contributed by atoms with Gasteiger partial charge in [-0.05, 0) is 49.2 Å². The molecule has 35 heavy (non-hydrogen) atoms. The summed E-state index contributed by atoms with van der Waals surface area (Å²) >= 11 is 0. The van der Waals surface area contributed by atoms with Crippen molar-refractivity contribution in [3.8, 4) is 0 Å². The van der Waals surface area contributed by atoms with E-state index in [-0.39, 0.29) is 34.0 Å². The topological polar surface area (TPSA) is 0 Å². The van der Waals surface area contributed by atoms with Gasteiger partial charge in [-0.25, -0.2) is 0 Å². The molecule has 3 heteroatoms. The Morgan fingerprint density at radius 1 is 0.400 bits per heavy atom. The van der Waals surface area contributed by atoms with Crippen LogP contribution in [0, 0.1) is 0 Å². The third-order valence-corrected chi connectivity index (χ3v) is 11.5. The Labute approximate surface area is 237 Å². The SMILES string of the molecule is Br.Br.CCCCCCCCCCCCCC[P+](c1ccccc1)(c1ccccc1)c1ccccc1. The monoisotopic (exact) mass is 619 g/mol. The van der Waals surface area contributed by atoms with Gasteiger partial charge in [0.1, 0.15) is 23.2 Å². The first-order valence-electron chi connectivity index (χ1n) is 13.4. The third kappa shape index (κ3) is 10.1. The van der Waals surface area contributed by atoms with Crippen LogP contribution in [0.2, 0.25) is 0 Å². The number of unbranched alkanes of at least 4 members (excludes halogenated alkanes) is 11. The van der Waals surface area contributed by atoms with Gasteiger partial charge in [-0.3, -0.25) is 0 Å². The molecule has 0 nitrogen and oxygen atoms in total. The van der Waals surface area contributed by atoms with Crippen molar-refractivity contribution in [1.29, 1.82) is 0 Å². The van der Waals surface area contributed by atoms with E-state index in [2.05, 4.69) is 97.9 Å². The summed E-state index contributed by atoms with van der Waals surface area (Å²) in [5, 5.41) is 4.56. The number of rotatable bonds is 16. The first-order chi connectivity index (χ1) is 16.4. The molecule has 0 aliphatic carbocycles. The zero-order chi connectivity index (χ0) is 23.0. The standard InChI is InChI=1S/C32H44P.2BrH/c1-2-3-4-5-6-7-8-9-10-11-12-22-29-33(30-23-16-13-17-24-30,31-25-18-14-19-26-31)32-27-20-15-21-28-32;;/h13-21,23-28H,2-12,22,29H2,1H3;2*1H/q+1;;. The highest BCUT2D eigenvalue weighted by molar-refractivity contribution is 8.93. The van der Waals surface area contributed by atoms with Gasteiger partial charge in [-0.15, -0.1) is 34.0 Å². The predicted molar refractivity (Wildman–Crippen MR) is 172 cm³/mol. The van der Waals surface area contributed by atoms with Crippen LogP contribution in [-0.4, -0.2) is 6.16 Å². The van der Waals surface area contributed by atoms with Crippen LogP contribution in [-0.2, 0) is 0 Å². The molecular formula is C32H46Br2P+. The number of halogens is 2. The molecule has 0 aromatic heterocycles. The molecule has 0 bridgehead atoms. The normalized spacial score (nSPS) is 10.9. The van der Waals surface area contributed by atoms with E-state index in [1.165, 1.54) is 99.1 Å². The lowest BCUT2D eigenvalue weighted by Crippen LogP contribution is -2.33. The summed E-state index contributed by atoms with van der Waals surface area (Å²) in [7, 11) is -1.63. The van der Waals surface area contributed by atoms with Gasteiger partial charge in [0.05, 0.1) is 6.16 Å². The fourth-order valence-electron chi connectivity index (χ4n) is 5.07. The second-order valence-electron chi connectivity index (χ2n) is 9.43. The van der Waals surface area contributed by atoms with Crippen LogP contribution in [0.15, 0.2) is 91.0 Å². The highest BCUT2D eigenvalue weighted by Gasteiger charge is 2.44. The highest BCUT2D eigenvalue weighted by Crippen LogP contribution is 2.55. The van der Waals surface area contributed by atoms with Gasteiger partial charge in [0.25, 0.3) is 0 Å². The number of benzene rings is 3. The molecule has 0 aliphatic rings. The van der Waals surface area contributed by atoms with Crippen molar-refractivity contribution in [2.24, 2.45) is 0 Å². The fraction of sp³-hybridized carbons (Fsp3) is 0.438. The maximum Gasteiger partial charge on any atom is 0.112 e. The Bertz CT molecular complexity index is 771. The molecule has 0 unspecified atom stereocenters. The van der Waals surface area contributed by atoms with Crippen molar-refractivity contribution in [3.05, 3.63) is 91.0 Å². The molecule has 3 aromatic rings. The van der Waals surface area contributed by atoms with Crippen LogP contribution in [0.25, 0.3) is 0 Å². The Morgan fingerprint density at radius 3 is 1.00 bits per heavy atom. The Kier molecular flexibility index (Phi) is 17.6. The Hall–Kier alpha value is -0.950. The fourth-order valence-corrected chi connectivity index (χ4v) is 9.48. The average Bonchev–Trinajstić information content (AvgIpc) is 2.89. The summed E-state index contributed by atoms with van der Waals surface area (Å²) in [6.07, 6.45) is 18.1. The molecule has 0 atom stereocenters. The van der Waals surface area contributed by atoms with Gasteiger partial charge >= 0.3 is 0 Å². The minimum atomic E-state index is -1.63. The summed E-state index contributed by atoms with van der Waals surface area (Å²) in [6, 6.07) is 34.0. The zero-order valence-electron chi connectivity index (χ0n) is 21.6. The minimum Gasteiger partial charge on any atom is -0.114 e. The molecule has 0 heterocycles. The lowest BCUT2D eigenvalue weighted by Gasteiger charge is -2.27. The Balaban J connectivity index is 0.00000306. The molecule has 192 valence electrons. The maximum absolute atomic E-state index is 2.37. The van der Waals surface area contributed by atoms with Crippen molar-refractivity contribution in [3.63, 3.8) is 0 Å². The molecule has 0 fully saturated rings. The Morgan fingerprint density at radius 2 is 0.686 bits per heavy atom. The van der Waals surface area contributed by atoms with Crippen molar-refractivity contribution in [2.45, 2.75) is 84.0 Å². The van der Waals surface area contributed by atoms with Crippen molar-refractivity contribution < 1.29 is 0 Å². The lowest BCUT2D eigenvalue weighted by atomic mass is 10.1. The largest absolute Gasteiger partial charge is 0.114 e. The summed E-state index contributed by atoms with van der Waals surface area (Å²) in [6.45, 7) is 2.30. The number of hydrogen-bond donors (Lipinski definition) is 0. The zero-order valence-corrected chi connectivity index (χ0v) is 25.9. The molecule has 0 N–H and O–H groups in total. The molecule has 3 rings (SSSR count). The van der Waals surface area contributed by atoms with Gasteiger partial charge in [0, 0.05) is 0 Å². The van der Waals surface area contributed by atoms with Crippen LogP contribution in [0.4, 0.5) is 0 Å². The lowest BCUT2D eigenvalue weighted by molar-refractivity contribution is 0.548. The van der Waals surface area contributed by atoms with Crippen LogP contribution >= 0.6 is 41.2 Å². The van der Waals surface area contributed by atoms with Gasteiger partial charge in [-0.1, -0.05) is 126 Å². The predicted octanol–water partition coefficient (Wildman–Crippen LogP) is 9.84. The van der Waals surface area contributed by atoms with Crippen LogP contribution in [0.1, 0.15) is 84.0 Å². The molecule has 0 saturated carbocycles. The van der Waals surface area contributed by atoms with E-state index in [0.717, 1.165) is 0 Å². The van der Waals surface area contributed by atoms with Gasteiger partial charge < -0.3 is 0 Å². The highest BCUT2D eigenvalue weighted by atomic mass is 79.9. The molecule has 0 saturated heterocycles. The minimum absolute atomic E-state index is 0. The maximum atomic E-state index is 2.37. The van der Waals surface area contributed by atoms with E-state index in [9.17, 15) is 0 Å². The van der Waals surface area contributed by atoms with E-state index < -0.39 is 7.26 Å². The van der Waals surface area contributed by atoms with E-state index in [1.54, 1.807) is 0 Å². The van der Waals surface area contributed by atoms with E-state index in [0.29, 0.717) is 0 Å². The summed E-state index contributed by atoms with van der Waals surface area (Å²) in [4.78, 5) is 0. The van der Waals surface area contributed by atoms with Gasteiger partial charge in [0.15, 0.2) is 0 Å². The quantitative estimate of drug-likeness (QED) is 0.110. The molecule has 0 radical (unpaired) electrons.